The summed E-state index contributed by atoms with van der Waals surface area (Å²) < 4.78 is 60.6. The number of nitrogens with two attached hydrogens (primary N) is 1. The molecule has 3 aromatic rings. The molecule has 0 fully saturated rings. The number of rotatable bonds is 19. The molecule has 10 nitrogen and oxygen atoms in total. The molecule has 1 unspecified atom stereocenters. The van der Waals surface area contributed by atoms with E-state index >= 15 is 0 Å². The molecule has 4 atom stereocenters. The number of nitrogens with one attached hydrogen (secondary N) is 1. The highest BCUT2D eigenvalue weighted by Gasteiger charge is 2.38. The predicted molar refractivity (Wildman–Crippen MR) is 183 cm³/mol. The average molecular weight is 704 g/mol. The Morgan fingerprint density at radius 1 is 0.918 bits per heavy atom. The number of aliphatic hydroxyl groups excluding tert-OH is 2. The van der Waals surface area contributed by atoms with E-state index in [9.17, 15) is 37.0 Å². The van der Waals surface area contributed by atoms with E-state index in [-0.39, 0.29) is 18.6 Å². The van der Waals surface area contributed by atoms with Gasteiger partial charge in [0.1, 0.15) is 24.3 Å². The highest BCUT2D eigenvalue weighted by molar-refractivity contribution is 7.92. The lowest BCUT2D eigenvalue weighted by Gasteiger charge is -2.36. The van der Waals surface area contributed by atoms with E-state index in [1.165, 1.54) is 0 Å². The number of nitrogens with zero attached hydrogens (tertiary/aromatic N) is 1. The molecule has 0 bridgehead atoms. The molecule has 0 saturated carbocycles. The monoisotopic (exact) mass is 703 g/mol. The summed E-state index contributed by atoms with van der Waals surface area (Å²) in [7, 11) is -3.97. The third-order valence-electron chi connectivity index (χ3n) is 8.22. The van der Waals surface area contributed by atoms with Gasteiger partial charge in [-0.2, -0.15) is 0 Å². The maximum atomic E-state index is 14.5. The van der Waals surface area contributed by atoms with Crippen molar-refractivity contribution in [1.82, 2.24) is 10.2 Å². The van der Waals surface area contributed by atoms with Crippen LogP contribution in [0.1, 0.15) is 62.3 Å². The van der Waals surface area contributed by atoms with Crippen LogP contribution < -0.4 is 11.1 Å². The Morgan fingerprint density at radius 2 is 1.49 bits per heavy atom. The topological polar surface area (TPSA) is 159 Å². The van der Waals surface area contributed by atoms with Crippen LogP contribution in [-0.4, -0.2) is 77.9 Å². The molecule has 0 aliphatic carbocycles. The number of sulfone groups is 1. The second-order valence-electron chi connectivity index (χ2n) is 12.1. The maximum Gasteiger partial charge on any atom is 0.408 e. The first kappa shape index (κ1) is 39.5. The number of alkyl carbamates (subject to hydrolysis) is 1. The molecular weight excluding hydrogens is 656 g/mol. The van der Waals surface area contributed by atoms with Crippen molar-refractivity contribution in [3.8, 4) is 0 Å². The van der Waals surface area contributed by atoms with Gasteiger partial charge >= 0.3 is 6.09 Å². The van der Waals surface area contributed by atoms with Crippen molar-refractivity contribution in [2.75, 3.05) is 18.9 Å². The number of amides is 2. The predicted octanol–water partition coefficient (Wildman–Crippen LogP) is 4.44. The number of carbonyl (C=O) groups excluding carboxylic acids is 2. The number of carbonyl (C=O) groups is 2. The maximum absolute atomic E-state index is 14.5. The quantitative estimate of drug-likeness (QED) is 0.143. The smallest absolute Gasteiger partial charge is 0.408 e. The number of aliphatic hydroxyl groups is 2. The van der Waals surface area contributed by atoms with Crippen molar-refractivity contribution in [3.05, 3.63) is 107 Å². The molecule has 49 heavy (non-hydrogen) atoms. The van der Waals surface area contributed by atoms with Crippen LogP contribution in [0.25, 0.3) is 0 Å². The summed E-state index contributed by atoms with van der Waals surface area (Å²) in [6.07, 6.45) is -0.811. The zero-order chi connectivity index (χ0) is 36.0. The van der Waals surface area contributed by atoms with E-state index in [1.807, 2.05) is 13.8 Å². The van der Waals surface area contributed by atoms with Crippen molar-refractivity contribution in [2.24, 2.45) is 5.73 Å². The molecule has 0 aromatic heterocycles. The Balaban J connectivity index is 1.98. The standard InChI is InChI=1S/C36H47F2N3O7S/c1-3-11-30(12-4-2)49(46,47)24-32(40-36(45)48-23-25-13-7-5-8-14-25)35(44)41(33(22-42)27-15-9-6-10-16-27)21-34(43)31(39)19-26-17-28(37)20-29(38)18-26/h5-10,13-18,20,30-34,42-43H,3-4,11-12,19,21-24,39H2,1-2H3,(H,40,45)/t31-,32+,33-,34?/m0/s1. The van der Waals surface area contributed by atoms with Crippen LogP contribution in [0.3, 0.4) is 0 Å². The van der Waals surface area contributed by atoms with E-state index in [0.29, 0.717) is 42.9 Å². The zero-order valence-corrected chi connectivity index (χ0v) is 28.7. The summed E-state index contributed by atoms with van der Waals surface area (Å²) in [4.78, 5) is 28.6. The third-order valence-corrected chi connectivity index (χ3v) is 10.5. The van der Waals surface area contributed by atoms with Crippen LogP contribution in [0.15, 0.2) is 78.9 Å². The lowest BCUT2D eigenvalue weighted by molar-refractivity contribution is -0.138. The summed E-state index contributed by atoms with van der Waals surface area (Å²) in [5, 5.41) is 23.5. The van der Waals surface area contributed by atoms with Gasteiger partial charge in [0, 0.05) is 18.7 Å². The summed E-state index contributed by atoms with van der Waals surface area (Å²) in [5.41, 5.74) is 7.57. The van der Waals surface area contributed by atoms with Crippen molar-refractivity contribution in [1.29, 1.82) is 0 Å². The zero-order valence-electron chi connectivity index (χ0n) is 27.9. The van der Waals surface area contributed by atoms with Crippen LogP contribution in [0, 0.1) is 11.6 Å². The second kappa shape index (κ2) is 19.3. The van der Waals surface area contributed by atoms with Crippen molar-refractivity contribution < 1.29 is 41.7 Å². The van der Waals surface area contributed by atoms with Gasteiger partial charge in [-0.05, 0) is 48.1 Å². The molecule has 0 spiro atoms. The Kier molecular flexibility index (Phi) is 15.6. The summed E-state index contributed by atoms with van der Waals surface area (Å²) in [6.45, 7) is 2.43. The number of halogens is 2. The van der Waals surface area contributed by atoms with Crippen LogP contribution in [0.4, 0.5) is 13.6 Å². The summed E-state index contributed by atoms with van der Waals surface area (Å²) in [6, 6.07) is 16.1. The van der Waals surface area contributed by atoms with E-state index in [1.54, 1.807) is 60.7 Å². The molecule has 0 aliphatic heterocycles. The minimum Gasteiger partial charge on any atom is -0.445 e. The lowest BCUT2D eigenvalue weighted by atomic mass is 9.99. The van der Waals surface area contributed by atoms with E-state index in [0.717, 1.165) is 17.0 Å². The van der Waals surface area contributed by atoms with Gasteiger partial charge < -0.3 is 30.9 Å². The molecule has 3 rings (SSSR count). The van der Waals surface area contributed by atoms with Crippen LogP contribution in [0.5, 0.6) is 0 Å². The molecule has 268 valence electrons. The summed E-state index contributed by atoms with van der Waals surface area (Å²) in [5.74, 6) is -3.31. The molecule has 0 saturated heterocycles. The van der Waals surface area contributed by atoms with Gasteiger partial charge in [-0.15, -0.1) is 0 Å². The number of hydrogen-bond acceptors (Lipinski definition) is 8. The first-order valence-corrected chi connectivity index (χ1v) is 18.1. The fourth-order valence-electron chi connectivity index (χ4n) is 5.70. The second-order valence-corrected chi connectivity index (χ2v) is 14.4. The van der Waals surface area contributed by atoms with Gasteiger partial charge in [0.25, 0.3) is 0 Å². The largest absolute Gasteiger partial charge is 0.445 e. The lowest BCUT2D eigenvalue weighted by Crippen LogP contribution is -2.56. The highest BCUT2D eigenvalue weighted by atomic mass is 32.2. The van der Waals surface area contributed by atoms with Crippen LogP contribution >= 0.6 is 0 Å². The normalized spacial score (nSPS) is 14.1. The Hall–Kier alpha value is -3.91. The van der Waals surface area contributed by atoms with Gasteiger partial charge in [0.15, 0.2) is 9.84 Å². The fraction of sp³-hybridized carbons (Fsp3) is 0.444. The van der Waals surface area contributed by atoms with Gasteiger partial charge in [-0.1, -0.05) is 87.4 Å². The molecule has 5 N–H and O–H groups in total. The molecule has 0 aliphatic rings. The Bertz CT molecular complexity index is 1560. The van der Waals surface area contributed by atoms with Crippen molar-refractivity contribution >= 4 is 21.8 Å². The first-order valence-electron chi connectivity index (χ1n) is 16.4. The number of benzene rings is 3. The molecule has 0 heterocycles. The highest BCUT2D eigenvalue weighted by Crippen LogP contribution is 2.24. The molecule has 2 amide bonds. The van der Waals surface area contributed by atoms with E-state index in [4.69, 9.17) is 10.5 Å². The molecular formula is C36H47F2N3O7S. The van der Waals surface area contributed by atoms with E-state index in [2.05, 4.69) is 5.32 Å². The van der Waals surface area contributed by atoms with Gasteiger partial charge in [-0.3, -0.25) is 4.79 Å². The Labute approximate surface area is 287 Å². The number of ether oxygens (including phenoxy) is 1. The Morgan fingerprint density at radius 3 is 2.04 bits per heavy atom. The molecule has 3 aromatic carbocycles. The summed E-state index contributed by atoms with van der Waals surface area (Å²) >= 11 is 0. The van der Waals surface area contributed by atoms with Gasteiger partial charge in [0.2, 0.25) is 5.91 Å². The minimum atomic E-state index is -3.97. The van der Waals surface area contributed by atoms with Crippen molar-refractivity contribution in [3.63, 3.8) is 0 Å². The van der Waals surface area contributed by atoms with Crippen molar-refractivity contribution in [2.45, 2.75) is 82.0 Å². The van der Waals surface area contributed by atoms with E-state index < -0.39 is 81.9 Å². The fourth-order valence-corrected chi connectivity index (χ4v) is 7.85. The van der Waals surface area contributed by atoms with Crippen LogP contribution in [-0.2, 0) is 32.4 Å². The van der Waals surface area contributed by atoms with Gasteiger partial charge in [-0.25, -0.2) is 22.0 Å². The third kappa shape index (κ3) is 12.2. The van der Waals surface area contributed by atoms with Gasteiger partial charge in [0.05, 0.1) is 29.8 Å². The molecule has 13 heteroatoms. The minimum absolute atomic E-state index is 0.143. The number of hydrogen-bond donors (Lipinski definition) is 4. The first-order chi connectivity index (χ1) is 23.4. The average Bonchev–Trinajstić information content (AvgIpc) is 3.06. The van der Waals surface area contributed by atoms with Crippen LogP contribution in [0.2, 0.25) is 0 Å². The SMILES string of the molecule is CCCC(CCC)S(=O)(=O)C[C@@H](NC(=O)OCc1ccccc1)C(=O)N(CC(O)[C@@H](N)Cc1cc(F)cc(F)c1)[C@@H](CO)c1ccccc1. The molecule has 0 radical (unpaired) electrons.